The molecule has 0 saturated carbocycles. The first-order valence-corrected chi connectivity index (χ1v) is 12.6. The van der Waals surface area contributed by atoms with Crippen LogP contribution >= 0.6 is 0 Å². The zero-order valence-electron chi connectivity index (χ0n) is 19.6. The van der Waals surface area contributed by atoms with Crippen LogP contribution in [0.3, 0.4) is 0 Å². The van der Waals surface area contributed by atoms with Gasteiger partial charge in [-0.2, -0.15) is 0 Å². The number of aryl methyl sites for hydroxylation is 2. The van der Waals surface area contributed by atoms with E-state index >= 15 is 0 Å². The lowest BCUT2D eigenvalue weighted by molar-refractivity contribution is -0.696. The molecule has 170 valence electrons. The lowest BCUT2D eigenvalue weighted by Gasteiger charge is -2.03. The first-order valence-electron chi connectivity index (χ1n) is 12.6. The summed E-state index contributed by atoms with van der Waals surface area (Å²) in [6.45, 7) is 10.5. The maximum absolute atomic E-state index is 5.68. The third-order valence-electron chi connectivity index (χ3n) is 5.44. The van der Waals surface area contributed by atoms with Gasteiger partial charge >= 0.3 is 0 Å². The van der Waals surface area contributed by atoms with Gasteiger partial charge in [-0.15, -0.1) is 0 Å². The molecule has 0 aromatic carbocycles. The predicted molar refractivity (Wildman–Crippen MR) is 122 cm³/mol. The van der Waals surface area contributed by atoms with Crippen molar-refractivity contribution in [2.75, 3.05) is 26.4 Å². The Bertz CT molecular complexity index is 409. The Morgan fingerprint density at radius 2 is 1.14 bits per heavy atom. The quantitative estimate of drug-likeness (QED) is 0.166. The van der Waals surface area contributed by atoms with Crippen LogP contribution in [0.4, 0.5) is 0 Å². The summed E-state index contributed by atoms with van der Waals surface area (Å²) < 4.78 is 16.0. The fourth-order valence-electron chi connectivity index (χ4n) is 3.52. The van der Waals surface area contributed by atoms with Gasteiger partial charge in [0.15, 0.2) is 0 Å². The molecule has 0 N–H and O–H groups in total. The van der Waals surface area contributed by atoms with Crippen molar-refractivity contribution in [2.45, 2.75) is 117 Å². The van der Waals surface area contributed by atoms with Gasteiger partial charge in [-0.1, -0.05) is 52.4 Å². The minimum atomic E-state index is 0.943. The molecule has 1 rings (SSSR count). The highest BCUT2D eigenvalue weighted by molar-refractivity contribution is 4.66. The number of nitrogens with zero attached hydrogens (tertiary/aromatic N) is 2. The summed E-state index contributed by atoms with van der Waals surface area (Å²) in [7, 11) is 0. The number of unbranched alkanes of at least 4 members (excludes halogenated alkanes) is 10. The van der Waals surface area contributed by atoms with Gasteiger partial charge in [0, 0.05) is 26.4 Å². The van der Waals surface area contributed by atoms with Gasteiger partial charge in [0.2, 0.25) is 6.33 Å². The standard InChI is InChI=1S/C25H49N2O2/c1-3-5-13-21-28-23-15-9-7-11-17-26-19-20-27(25-26)18-12-8-10-16-24-29-22-14-6-4-2/h19-20,25H,3-18,21-24H2,1-2H3/q+1. The molecule has 0 aliphatic heterocycles. The summed E-state index contributed by atoms with van der Waals surface area (Å²) in [5, 5.41) is 0. The molecule has 0 atom stereocenters. The van der Waals surface area contributed by atoms with E-state index in [-0.39, 0.29) is 0 Å². The van der Waals surface area contributed by atoms with Crippen molar-refractivity contribution in [3.63, 3.8) is 0 Å². The number of aromatic nitrogens is 2. The van der Waals surface area contributed by atoms with Crippen LogP contribution in [-0.2, 0) is 22.6 Å². The molecular formula is C25H49N2O2+. The predicted octanol–water partition coefficient (Wildman–Crippen LogP) is 6.31. The lowest BCUT2D eigenvalue weighted by atomic mass is 10.2. The van der Waals surface area contributed by atoms with E-state index in [9.17, 15) is 0 Å². The van der Waals surface area contributed by atoms with Gasteiger partial charge in [0.25, 0.3) is 0 Å². The minimum Gasteiger partial charge on any atom is -0.381 e. The Balaban J connectivity index is 1.88. The van der Waals surface area contributed by atoms with Crippen LogP contribution in [0.15, 0.2) is 18.7 Å². The second-order valence-corrected chi connectivity index (χ2v) is 8.36. The summed E-state index contributed by atoms with van der Waals surface area (Å²) in [5.74, 6) is 0. The van der Waals surface area contributed by atoms with Crippen LogP contribution in [0.25, 0.3) is 0 Å². The summed E-state index contributed by atoms with van der Waals surface area (Å²) in [6.07, 6.45) is 24.4. The first-order chi connectivity index (χ1) is 14.4. The van der Waals surface area contributed by atoms with E-state index in [4.69, 9.17) is 9.47 Å². The van der Waals surface area contributed by atoms with E-state index in [2.05, 4.69) is 41.7 Å². The SMILES string of the molecule is CCCCCOCCCCCCn1cc[n+](CCCCCCOCCCCC)c1. The van der Waals surface area contributed by atoms with Gasteiger partial charge in [0.1, 0.15) is 12.4 Å². The highest BCUT2D eigenvalue weighted by Crippen LogP contribution is 2.04. The van der Waals surface area contributed by atoms with E-state index in [1.54, 1.807) is 0 Å². The Kier molecular flexibility index (Phi) is 18.4. The van der Waals surface area contributed by atoms with Crippen molar-refractivity contribution < 1.29 is 14.0 Å². The molecular weight excluding hydrogens is 360 g/mol. The molecule has 0 saturated heterocycles. The maximum Gasteiger partial charge on any atom is 0.243 e. The Labute approximate surface area is 181 Å². The van der Waals surface area contributed by atoms with Crippen molar-refractivity contribution in [3.05, 3.63) is 18.7 Å². The zero-order valence-corrected chi connectivity index (χ0v) is 19.6. The fourth-order valence-corrected chi connectivity index (χ4v) is 3.52. The maximum atomic E-state index is 5.68. The van der Waals surface area contributed by atoms with Crippen LogP contribution in [0.5, 0.6) is 0 Å². The largest absolute Gasteiger partial charge is 0.381 e. The third kappa shape index (κ3) is 16.6. The van der Waals surface area contributed by atoms with Gasteiger partial charge in [-0.3, -0.25) is 0 Å². The van der Waals surface area contributed by atoms with E-state index < -0.39 is 0 Å². The van der Waals surface area contributed by atoms with Gasteiger partial charge in [-0.25, -0.2) is 9.13 Å². The Morgan fingerprint density at radius 1 is 0.621 bits per heavy atom. The molecule has 1 aromatic rings. The molecule has 4 nitrogen and oxygen atoms in total. The highest BCUT2D eigenvalue weighted by atomic mass is 16.5. The minimum absolute atomic E-state index is 0.943. The van der Waals surface area contributed by atoms with Crippen molar-refractivity contribution >= 4 is 0 Å². The van der Waals surface area contributed by atoms with Crippen LogP contribution < -0.4 is 4.57 Å². The van der Waals surface area contributed by atoms with Crippen molar-refractivity contribution in [1.29, 1.82) is 0 Å². The molecule has 0 aliphatic carbocycles. The Morgan fingerprint density at radius 3 is 1.72 bits per heavy atom. The third-order valence-corrected chi connectivity index (χ3v) is 5.44. The van der Waals surface area contributed by atoms with Crippen LogP contribution in [-0.4, -0.2) is 31.0 Å². The monoisotopic (exact) mass is 409 g/mol. The lowest BCUT2D eigenvalue weighted by Crippen LogP contribution is -2.30. The molecule has 0 unspecified atom stereocenters. The van der Waals surface area contributed by atoms with E-state index in [1.807, 2.05) is 0 Å². The number of rotatable bonds is 22. The van der Waals surface area contributed by atoms with Crippen molar-refractivity contribution in [1.82, 2.24) is 4.57 Å². The normalized spacial score (nSPS) is 11.4. The van der Waals surface area contributed by atoms with Crippen LogP contribution in [0, 0.1) is 0 Å². The number of hydrogen-bond donors (Lipinski definition) is 0. The molecule has 0 amide bonds. The molecule has 29 heavy (non-hydrogen) atoms. The molecule has 0 bridgehead atoms. The topological polar surface area (TPSA) is 27.3 Å². The average Bonchev–Trinajstić information content (AvgIpc) is 3.18. The number of hydrogen-bond acceptors (Lipinski definition) is 2. The first kappa shape index (κ1) is 26.2. The second-order valence-electron chi connectivity index (χ2n) is 8.36. The summed E-state index contributed by atoms with van der Waals surface area (Å²) in [5.41, 5.74) is 0. The van der Waals surface area contributed by atoms with E-state index in [0.29, 0.717) is 0 Å². The zero-order chi connectivity index (χ0) is 20.8. The highest BCUT2D eigenvalue weighted by Gasteiger charge is 2.03. The molecule has 0 aliphatic rings. The van der Waals surface area contributed by atoms with Gasteiger partial charge < -0.3 is 9.47 Å². The smallest absolute Gasteiger partial charge is 0.243 e. The fraction of sp³-hybridized carbons (Fsp3) is 0.880. The van der Waals surface area contributed by atoms with E-state index in [1.165, 1.54) is 89.9 Å². The molecule has 0 fully saturated rings. The molecule has 1 aromatic heterocycles. The summed E-state index contributed by atoms with van der Waals surface area (Å²) >= 11 is 0. The average molecular weight is 410 g/mol. The van der Waals surface area contributed by atoms with Gasteiger partial charge in [-0.05, 0) is 51.4 Å². The molecule has 4 heteroatoms. The Hall–Kier alpha value is -0.870. The summed E-state index contributed by atoms with van der Waals surface area (Å²) in [6, 6.07) is 0. The number of imidazole rings is 1. The van der Waals surface area contributed by atoms with Crippen molar-refractivity contribution in [2.24, 2.45) is 0 Å². The summed E-state index contributed by atoms with van der Waals surface area (Å²) in [4.78, 5) is 0. The van der Waals surface area contributed by atoms with Gasteiger partial charge in [0.05, 0.1) is 13.1 Å². The van der Waals surface area contributed by atoms with Crippen molar-refractivity contribution in [3.8, 4) is 0 Å². The second kappa shape index (κ2) is 20.4. The molecule has 0 spiro atoms. The molecule has 0 radical (unpaired) electrons. The van der Waals surface area contributed by atoms with E-state index in [0.717, 1.165) is 39.5 Å². The molecule has 1 heterocycles. The number of ether oxygens (including phenoxy) is 2. The van der Waals surface area contributed by atoms with Crippen LogP contribution in [0.2, 0.25) is 0 Å². The van der Waals surface area contributed by atoms with Crippen LogP contribution in [0.1, 0.15) is 104 Å².